The monoisotopic (exact) mass is 422 g/mol. The first-order valence-electron chi connectivity index (χ1n) is 11.0. The second-order valence-corrected chi connectivity index (χ2v) is 8.15. The van der Waals surface area contributed by atoms with Gasteiger partial charge in [0.1, 0.15) is 0 Å². The molecule has 0 fully saturated rings. The lowest BCUT2D eigenvalue weighted by Crippen LogP contribution is -2.43. The van der Waals surface area contributed by atoms with Gasteiger partial charge in [0.05, 0.1) is 17.1 Å². The molecule has 0 aromatic heterocycles. The molecule has 1 atom stereocenters. The minimum absolute atomic E-state index is 0.269. The number of anilines is 2. The lowest BCUT2D eigenvalue weighted by atomic mass is 10.00. The maximum absolute atomic E-state index is 13.0. The number of urea groups is 1. The van der Waals surface area contributed by atoms with Crippen molar-refractivity contribution in [2.24, 2.45) is 4.99 Å². The second kappa shape index (κ2) is 8.71. The predicted molar refractivity (Wildman–Crippen MR) is 130 cm³/mol. The Balaban J connectivity index is 1.55. The van der Waals surface area contributed by atoms with Crippen LogP contribution in [0.5, 0.6) is 0 Å². The summed E-state index contributed by atoms with van der Waals surface area (Å²) in [5, 5.41) is 6.07. The van der Waals surface area contributed by atoms with Crippen molar-refractivity contribution in [3.05, 3.63) is 107 Å². The van der Waals surface area contributed by atoms with Gasteiger partial charge >= 0.3 is 6.03 Å². The van der Waals surface area contributed by atoms with E-state index in [1.807, 2.05) is 55.5 Å². The second-order valence-electron chi connectivity index (χ2n) is 8.15. The molecule has 5 heteroatoms. The number of carbonyl (C=O) groups is 1. The lowest BCUT2D eigenvalue weighted by molar-refractivity contribution is 0.250. The normalized spacial score (nSPS) is 17.3. The van der Waals surface area contributed by atoms with E-state index in [0.717, 1.165) is 58.9 Å². The lowest BCUT2D eigenvalue weighted by Gasteiger charge is -2.33. The number of benzene rings is 3. The van der Waals surface area contributed by atoms with Crippen molar-refractivity contribution in [2.75, 3.05) is 16.8 Å². The largest absolute Gasteiger partial charge is 0.341 e. The van der Waals surface area contributed by atoms with Crippen LogP contribution < -0.4 is 15.5 Å². The molecule has 3 aromatic rings. The molecule has 32 heavy (non-hydrogen) atoms. The minimum atomic E-state index is -0.484. The van der Waals surface area contributed by atoms with Crippen LogP contribution in [0.1, 0.15) is 29.5 Å². The summed E-state index contributed by atoms with van der Waals surface area (Å²) in [5.41, 5.74) is 7.01. The summed E-state index contributed by atoms with van der Waals surface area (Å²) in [6.07, 6.45) is 3.76. The summed E-state index contributed by atoms with van der Waals surface area (Å²) in [6, 6.07) is 26.0. The molecule has 2 heterocycles. The first-order valence-corrected chi connectivity index (χ1v) is 11.0. The average Bonchev–Trinajstić information content (AvgIpc) is 2.95. The molecule has 0 saturated heterocycles. The van der Waals surface area contributed by atoms with Crippen LogP contribution in [-0.4, -0.2) is 24.5 Å². The zero-order valence-electron chi connectivity index (χ0n) is 18.1. The molecule has 0 aliphatic carbocycles. The summed E-state index contributed by atoms with van der Waals surface area (Å²) in [6.45, 7) is 2.91. The van der Waals surface area contributed by atoms with Crippen LogP contribution >= 0.6 is 0 Å². The molecular formula is C27H26N4O. The van der Waals surface area contributed by atoms with Crippen molar-refractivity contribution >= 4 is 23.1 Å². The quantitative estimate of drug-likeness (QED) is 0.587. The van der Waals surface area contributed by atoms with E-state index in [1.54, 1.807) is 0 Å². The highest BCUT2D eigenvalue weighted by Gasteiger charge is 2.31. The molecule has 0 bridgehead atoms. The van der Waals surface area contributed by atoms with Crippen molar-refractivity contribution in [2.45, 2.75) is 25.9 Å². The van der Waals surface area contributed by atoms with Gasteiger partial charge in [0.15, 0.2) is 6.17 Å². The number of nitrogens with zero attached hydrogens (tertiary/aromatic N) is 2. The first-order chi connectivity index (χ1) is 15.7. The Labute approximate surface area is 188 Å². The topological polar surface area (TPSA) is 56.7 Å². The average molecular weight is 423 g/mol. The molecule has 3 aromatic carbocycles. The molecule has 0 saturated carbocycles. The van der Waals surface area contributed by atoms with Crippen molar-refractivity contribution in [1.82, 2.24) is 5.32 Å². The van der Waals surface area contributed by atoms with E-state index in [1.165, 1.54) is 0 Å². The fraction of sp³-hybridized carbons (Fsp3) is 0.185. The number of para-hydroxylation sites is 1. The van der Waals surface area contributed by atoms with Crippen LogP contribution in [0.25, 0.3) is 0 Å². The van der Waals surface area contributed by atoms with Crippen molar-refractivity contribution in [3.8, 4) is 0 Å². The molecule has 2 amide bonds. The third kappa shape index (κ3) is 4.02. The summed E-state index contributed by atoms with van der Waals surface area (Å²) in [7, 11) is 0. The van der Waals surface area contributed by atoms with Gasteiger partial charge in [0.2, 0.25) is 0 Å². The molecule has 0 radical (unpaired) electrons. The van der Waals surface area contributed by atoms with Crippen LogP contribution in [0.2, 0.25) is 0 Å². The molecule has 0 spiro atoms. The Morgan fingerprint density at radius 3 is 2.66 bits per heavy atom. The molecular weight excluding hydrogens is 396 g/mol. The van der Waals surface area contributed by atoms with E-state index in [9.17, 15) is 4.79 Å². The van der Waals surface area contributed by atoms with E-state index in [4.69, 9.17) is 4.99 Å². The number of allylic oxidation sites excluding steroid dienone is 1. The van der Waals surface area contributed by atoms with Crippen molar-refractivity contribution < 1.29 is 4.79 Å². The summed E-state index contributed by atoms with van der Waals surface area (Å²) >= 11 is 0. The van der Waals surface area contributed by atoms with Crippen LogP contribution in [-0.2, 0) is 0 Å². The van der Waals surface area contributed by atoms with Gasteiger partial charge in [-0.3, -0.25) is 4.99 Å². The number of nitrogens with one attached hydrogen (secondary N) is 2. The van der Waals surface area contributed by atoms with E-state index in [0.29, 0.717) is 0 Å². The molecule has 2 aliphatic rings. The highest BCUT2D eigenvalue weighted by Crippen LogP contribution is 2.34. The maximum Gasteiger partial charge on any atom is 0.321 e. The fourth-order valence-corrected chi connectivity index (χ4v) is 4.38. The number of fused-ring (bicyclic) bond motifs is 3. The zero-order valence-corrected chi connectivity index (χ0v) is 18.1. The van der Waals surface area contributed by atoms with E-state index in [-0.39, 0.29) is 6.03 Å². The predicted octanol–water partition coefficient (Wildman–Crippen LogP) is 5.48. The van der Waals surface area contributed by atoms with Crippen molar-refractivity contribution in [1.29, 1.82) is 0 Å². The molecule has 2 N–H and O–H groups in total. The number of aliphatic imine (C=N–C) groups is 1. The Morgan fingerprint density at radius 2 is 1.81 bits per heavy atom. The van der Waals surface area contributed by atoms with Gasteiger partial charge in [-0.15, -0.1) is 0 Å². The third-order valence-electron chi connectivity index (χ3n) is 5.83. The number of hydrogen-bond acceptors (Lipinski definition) is 3. The minimum Gasteiger partial charge on any atom is -0.341 e. The number of hydrogen-bond donors (Lipinski definition) is 2. The summed E-state index contributed by atoms with van der Waals surface area (Å²) in [5.74, 6) is 0. The Bertz CT molecular complexity index is 1200. The molecule has 2 aliphatic heterocycles. The Hall–Kier alpha value is -3.86. The summed E-state index contributed by atoms with van der Waals surface area (Å²) in [4.78, 5) is 20.4. The van der Waals surface area contributed by atoms with E-state index >= 15 is 0 Å². The fourth-order valence-electron chi connectivity index (χ4n) is 4.38. The van der Waals surface area contributed by atoms with E-state index in [2.05, 4.69) is 51.9 Å². The molecule has 1 unspecified atom stereocenters. The number of carbonyl (C=O) groups excluding carboxylic acids is 1. The first kappa shape index (κ1) is 20.1. The van der Waals surface area contributed by atoms with Crippen LogP contribution in [0.3, 0.4) is 0 Å². The number of rotatable bonds is 3. The Kier molecular flexibility index (Phi) is 5.46. The van der Waals surface area contributed by atoms with Crippen LogP contribution in [0.4, 0.5) is 16.2 Å². The van der Waals surface area contributed by atoms with Gasteiger partial charge in [0.25, 0.3) is 0 Å². The van der Waals surface area contributed by atoms with Gasteiger partial charge in [-0.2, -0.15) is 0 Å². The Morgan fingerprint density at radius 1 is 1.00 bits per heavy atom. The number of aryl methyl sites for hydroxylation is 1. The summed E-state index contributed by atoms with van der Waals surface area (Å²) < 4.78 is 0. The highest BCUT2D eigenvalue weighted by molar-refractivity contribution is 6.16. The van der Waals surface area contributed by atoms with Crippen LogP contribution in [0.15, 0.2) is 95.6 Å². The molecule has 5 rings (SSSR count). The number of amides is 2. The van der Waals surface area contributed by atoms with Crippen LogP contribution in [0, 0.1) is 6.92 Å². The maximum atomic E-state index is 13.0. The zero-order chi connectivity index (χ0) is 21.9. The van der Waals surface area contributed by atoms with Gasteiger partial charge in [-0.1, -0.05) is 66.7 Å². The SMILES string of the molecule is Cc1cccc(NC(=O)NC2N=C(c3ccccc3)c3ccccc3N3CCCC=C23)c1. The van der Waals surface area contributed by atoms with Gasteiger partial charge in [-0.25, -0.2) is 4.79 Å². The smallest absolute Gasteiger partial charge is 0.321 e. The van der Waals surface area contributed by atoms with Gasteiger partial charge in [-0.05, 0) is 43.5 Å². The highest BCUT2D eigenvalue weighted by atomic mass is 16.2. The van der Waals surface area contributed by atoms with Gasteiger partial charge in [0, 0.05) is 23.4 Å². The standard InChI is InChI=1S/C27H26N4O/c1-19-10-9-13-21(18-19)28-27(32)30-26-24-16-7-8-17-31(24)23-15-6-5-14-22(23)25(29-26)20-11-3-2-4-12-20/h2-6,9-16,18,26H,7-8,17H2,1H3,(H2,28,30,32). The molecule has 160 valence electrons. The van der Waals surface area contributed by atoms with Gasteiger partial charge < -0.3 is 15.5 Å². The van der Waals surface area contributed by atoms with Crippen molar-refractivity contribution in [3.63, 3.8) is 0 Å². The van der Waals surface area contributed by atoms with E-state index < -0.39 is 6.17 Å². The third-order valence-corrected chi connectivity index (χ3v) is 5.83. The molecule has 5 nitrogen and oxygen atoms in total.